The first kappa shape index (κ1) is 10.1. The van der Waals surface area contributed by atoms with Gasteiger partial charge >= 0.3 is 0 Å². The molecular formula is C11H11N3S2. The van der Waals surface area contributed by atoms with Crippen LogP contribution in [-0.2, 0) is 0 Å². The van der Waals surface area contributed by atoms with Crippen molar-refractivity contribution in [2.24, 2.45) is 0 Å². The van der Waals surface area contributed by atoms with Crippen LogP contribution in [-0.4, -0.2) is 15.4 Å². The van der Waals surface area contributed by atoms with Crippen LogP contribution in [0, 0.1) is 0 Å². The SMILES string of the molecule is Nc1nnc(SC2CC2c2ccccc2)s1. The lowest BCUT2D eigenvalue weighted by Gasteiger charge is -1.97. The summed E-state index contributed by atoms with van der Waals surface area (Å²) in [6.07, 6.45) is 1.23. The van der Waals surface area contributed by atoms with Gasteiger partial charge in [-0.05, 0) is 17.9 Å². The van der Waals surface area contributed by atoms with Gasteiger partial charge in [-0.1, -0.05) is 53.4 Å². The van der Waals surface area contributed by atoms with Crippen LogP contribution in [0.2, 0.25) is 0 Å². The molecule has 0 bridgehead atoms. The highest BCUT2D eigenvalue weighted by molar-refractivity contribution is 8.02. The Morgan fingerprint density at radius 1 is 1.25 bits per heavy atom. The van der Waals surface area contributed by atoms with Crippen molar-refractivity contribution in [2.75, 3.05) is 5.73 Å². The summed E-state index contributed by atoms with van der Waals surface area (Å²) in [6.45, 7) is 0. The lowest BCUT2D eigenvalue weighted by atomic mass is 10.1. The van der Waals surface area contributed by atoms with Crippen molar-refractivity contribution in [3.8, 4) is 0 Å². The third-order valence-electron chi connectivity index (χ3n) is 2.63. The Kier molecular flexibility index (Phi) is 2.57. The van der Waals surface area contributed by atoms with Crippen LogP contribution in [0.25, 0.3) is 0 Å². The van der Waals surface area contributed by atoms with Crippen LogP contribution in [0.3, 0.4) is 0 Å². The van der Waals surface area contributed by atoms with Gasteiger partial charge in [-0.3, -0.25) is 0 Å². The third kappa shape index (κ3) is 2.05. The second kappa shape index (κ2) is 4.07. The normalized spacial score (nSPS) is 23.2. The van der Waals surface area contributed by atoms with Crippen LogP contribution < -0.4 is 5.73 Å². The molecule has 0 radical (unpaired) electrons. The minimum absolute atomic E-state index is 0.555. The van der Waals surface area contributed by atoms with E-state index >= 15 is 0 Å². The molecule has 3 nitrogen and oxygen atoms in total. The molecule has 1 aliphatic rings. The van der Waals surface area contributed by atoms with Crippen LogP contribution in [0.4, 0.5) is 5.13 Å². The maximum absolute atomic E-state index is 5.55. The molecule has 5 heteroatoms. The maximum Gasteiger partial charge on any atom is 0.203 e. The zero-order valence-electron chi connectivity index (χ0n) is 8.54. The maximum atomic E-state index is 5.55. The lowest BCUT2D eigenvalue weighted by molar-refractivity contribution is 1.01. The quantitative estimate of drug-likeness (QED) is 0.908. The molecule has 16 heavy (non-hydrogen) atoms. The largest absolute Gasteiger partial charge is 0.374 e. The van der Waals surface area contributed by atoms with Gasteiger partial charge in [-0.2, -0.15) is 0 Å². The van der Waals surface area contributed by atoms with Crippen molar-refractivity contribution in [3.05, 3.63) is 35.9 Å². The number of benzene rings is 1. The van der Waals surface area contributed by atoms with E-state index in [9.17, 15) is 0 Å². The Balaban J connectivity index is 1.65. The van der Waals surface area contributed by atoms with Gasteiger partial charge in [0, 0.05) is 5.25 Å². The van der Waals surface area contributed by atoms with Crippen LogP contribution in [0.5, 0.6) is 0 Å². The van der Waals surface area contributed by atoms with Gasteiger partial charge in [0.25, 0.3) is 0 Å². The van der Waals surface area contributed by atoms with E-state index in [-0.39, 0.29) is 0 Å². The Morgan fingerprint density at radius 2 is 2.06 bits per heavy atom. The number of nitrogens with two attached hydrogens (primary N) is 1. The molecule has 2 N–H and O–H groups in total. The first-order chi connectivity index (χ1) is 7.83. The number of rotatable bonds is 3. The van der Waals surface area contributed by atoms with Crippen molar-refractivity contribution < 1.29 is 0 Å². The fourth-order valence-corrected chi connectivity index (χ4v) is 3.88. The molecule has 3 rings (SSSR count). The molecule has 82 valence electrons. The average Bonchev–Trinajstić information content (AvgIpc) is 2.95. The van der Waals surface area contributed by atoms with E-state index in [2.05, 4.69) is 40.5 Å². The van der Waals surface area contributed by atoms with Crippen LogP contribution in [0.1, 0.15) is 17.9 Å². The highest BCUT2D eigenvalue weighted by atomic mass is 32.2. The van der Waals surface area contributed by atoms with Crippen LogP contribution in [0.15, 0.2) is 34.7 Å². The summed E-state index contributed by atoms with van der Waals surface area (Å²) in [5.74, 6) is 0.677. The molecule has 0 amide bonds. The van der Waals surface area contributed by atoms with Crippen molar-refractivity contribution in [1.82, 2.24) is 10.2 Å². The number of nitrogens with zero attached hydrogens (tertiary/aromatic N) is 2. The Bertz CT molecular complexity index is 483. The van der Waals surface area contributed by atoms with Crippen molar-refractivity contribution >= 4 is 28.2 Å². The zero-order chi connectivity index (χ0) is 11.0. The van der Waals surface area contributed by atoms with Gasteiger partial charge in [-0.15, -0.1) is 10.2 Å². The van der Waals surface area contributed by atoms with Gasteiger partial charge < -0.3 is 5.73 Å². The summed E-state index contributed by atoms with van der Waals surface area (Å²) in [4.78, 5) is 0. The molecule has 1 heterocycles. The molecule has 2 atom stereocenters. The number of thioether (sulfide) groups is 1. The first-order valence-electron chi connectivity index (χ1n) is 5.13. The number of anilines is 1. The minimum atomic E-state index is 0.555. The topological polar surface area (TPSA) is 51.8 Å². The molecule has 0 spiro atoms. The van der Waals surface area contributed by atoms with E-state index in [4.69, 9.17) is 5.73 Å². The van der Waals surface area contributed by atoms with E-state index in [1.54, 1.807) is 11.8 Å². The highest BCUT2D eigenvalue weighted by Gasteiger charge is 2.39. The van der Waals surface area contributed by atoms with E-state index in [1.165, 1.54) is 23.3 Å². The predicted molar refractivity (Wildman–Crippen MR) is 67.8 cm³/mol. The fraction of sp³-hybridized carbons (Fsp3) is 0.273. The van der Waals surface area contributed by atoms with Gasteiger partial charge in [0.15, 0.2) is 4.34 Å². The third-order valence-corrected chi connectivity index (χ3v) is 4.83. The van der Waals surface area contributed by atoms with E-state index in [0.717, 1.165) is 4.34 Å². The molecule has 0 saturated heterocycles. The fourth-order valence-electron chi connectivity index (χ4n) is 1.75. The zero-order valence-corrected chi connectivity index (χ0v) is 10.2. The molecule has 1 saturated carbocycles. The number of hydrogen-bond acceptors (Lipinski definition) is 5. The van der Waals surface area contributed by atoms with Crippen molar-refractivity contribution in [3.63, 3.8) is 0 Å². The summed E-state index contributed by atoms with van der Waals surface area (Å²) in [5, 5.41) is 9.05. The second-order valence-corrected chi connectivity index (χ2v) is 6.31. The molecule has 2 aromatic rings. The van der Waals surface area contributed by atoms with Crippen molar-refractivity contribution in [2.45, 2.75) is 21.9 Å². The molecule has 1 fully saturated rings. The van der Waals surface area contributed by atoms with Gasteiger partial charge in [0.05, 0.1) is 0 Å². The molecule has 2 unspecified atom stereocenters. The summed E-state index contributed by atoms with van der Waals surface area (Å²) in [6, 6.07) is 10.6. The van der Waals surface area contributed by atoms with E-state index in [0.29, 0.717) is 16.3 Å². The molecule has 0 aliphatic heterocycles. The number of hydrogen-bond donors (Lipinski definition) is 1. The molecular weight excluding hydrogens is 238 g/mol. The van der Waals surface area contributed by atoms with Crippen molar-refractivity contribution in [1.29, 1.82) is 0 Å². The van der Waals surface area contributed by atoms with Crippen LogP contribution >= 0.6 is 23.1 Å². The van der Waals surface area contributed by atoms with Gasteiger partial charge in [0.2, 0.25) is 5.13 Å². The van der Waals surface area contributed by atoms with E-state index in [1.807, 2.05) is 0 Å². The number of aromatic nitrogens is 2. The summed E-state index contributed by atoms with van der Waals surface area (Å²) in [7, 11) is 0. The molecule has 1 aromatic carbocycles. The smallest absolute Gasteiger partial charge is 0.203 e. The molecule has 1 aromatic heterocycles. The molecule has 1 aliphatic carbocycles. The summed E-state index contributed by atoms with van der Waals surface area (Å²) in [5.41, 5.74) is 6.98. The Hall–Kier alpha value is -1.07. The number of nitrogen functional groups attached to an aromatic ring is 1. The predicted octanol–water partition coefficient (Wildman–Crippen LogP) is 2.77. The monoisotopic (exact) mass is 249 g/mol. The van der Waals surface area contributed by atoms with E-state index < -0.39 is 0 Å². The Morgan fingerprint density at radius 3 is 2.75 bits per heavy atom. The second-order valence-electron chi connectivity index (χ2n) is 3.82. The minimum Gasteiger partial charge on any atom is -0.374 e. The summed E-state index contributed by atoms with van der Waals surface area (Å²) >= 11 is 3.27. The van der Waals surface area contributed by atoms with Gasteiger partial charge in [-0.25, -0.2) is 0 Å². The Labute approximate surface area is 102 Å². The first-order valence-corrected chi connectivity index (χ1v) is 6.83. The van der Waals surface area contributed by atoms with Gasteiger partial charge in [0.1, 0.15) is 0 Å². The summed E-state index contributed by atoms with van der Waals surface area (Å²) < 4.78 is 0.987. The average molecular weight is 249 g/mol. The lowest BCUT2D eigenvalue weighted by Crippen LogP contribution is -1.83. The standard InChI is InChI=1S/C11H11N3S2/c12-10-13-14-11(16-10)15-9-6-8(9)7-4-2-1-3-5-7/h1-5,8-9H,6H2,(H2,12,13). The highest BCUT2D eigenvalue weighted by Crippen LogP contribution is 2.52.